The van der Waals surface area contributed by atoms with Gasteiger partial charge in [-0.2, -0.15) is 0 Å². The molecular formula is C18H14Cl2N2O5. The molecule has 0 aromatic heterocycles. The highest BCUT2D eigenvalue weighted by Gasteiger charge is 2.18. The van der Waals surface area contributed by atoms with Crippen molar-refractivity contribution in [3.05, 3.63) is 73.8 Å². The Morgan fingerprint density at radius 1 is 1.22 bits per heavy atom. The average molecular weight is 409 g/mol. The number of aryl methyl sites for hydroxylation is 1. The summed E-state index contributed by atoms with van der Waals surface area (Å²) in [5.74, 6) is -1.45. The number of nitrogens with one attached hydrogen (secondary N) is 1. The summed E-state index contributed by atoms with van der Waals surface area (Å²) in [7, 11) is 0. The number of hydrogen-bond donors (Lipinski definition) is 1. The van der Waals surface area contributed by atoms with Gasteiger partial charge in [-0.05, 0) is 36.3 Å². The van der Waals surface area contributed by atoms with Gasteiger partial charge in [0.15, 0.2) is 6.61 Å². The summed E-state index contributed by atoms with van der Waals surface area (Å²) in [5.41, 5.74) is 0.966. The summed E-state index contributed by atoms with van der Waals surface area (Å²) in [5, 5.41) is 14.1. The van der Waals surface area contributed by atoms with Crippen LogP contribution in [0.3, 0.4) is 0 Å². The van der Waals surface area contributed by atoms with Gasteiger partial charge in [-0.1, -0.05) is 41.4 Å². The normalized spacial score (nSPS) is 10.6. The van der Waals surface area contributed by atoms with Crippen LogP contribution in [0.2, 0.25) is 10.0 Å². The van der Waals surface area contributed by atoms with Crippen molar-refractivity contribution < 1.29 is 19.2 Å². The van der Waals surface area contributed by atoms with E-state index in [1.54, 1.807) is 31.2 Å². The fraction of sp³-hybridized carbons (Fsp3) is 0.111. The predicted molar refractivity (Wildman–Crippen MR) is 103 cm³/mol. The molecule has 0 radical (unpaired) electrons. The number of nitro groups is 1. The minimum Gasteiger partial charge on any atom is -0.452 e. The van der Waals surface area contributed by atoms with Crippen molar-refractivity contribution in [1.29, 1.82) is 0 Å². The van der Waals surface area contributed by atoms with Crippen LogP contribution in [0.1, 0.15) is 11.1 Å². The molecule has 0 heterocycles. The maximum absolute atomic E-state index is 11.9. The van der Waals surface area contributed by atoms with Crippen LogP contribution in [0.4, 0.5) is 11.4 Å². The van der Waals surface area contributed by atoms with E-state index in [4.69, 9.17) is 27.9 Å². The smallest absolute Gasteiger partial charge is 0.331 e. The molecule has 1 N–H and O–H groups in total. The van der Waals surface area contributed by atoms with E-state index in [-0.39, 0.29) is 11.4 Å². The van der Waals surface area contributed by atoms with E-state index >= 15 is 0 Å². The van der Waals surface area contributed by atoms with Crippen LogP contribution in [0.25, 0.3) is 6.08 Å². The number of ether oxygens (including phenoxy) is 1. The number of hydrogen-bond acceptors (Lipinski definition) is 5. The van der Waals surface area contributed by atoms with Crippen LogP contribution < -0.4 is 5.32 Å². The summed E-state index contributed by atoms with van der Waals surface area (Å²) in [4.78, 5) is 34.1. The molecule has 2 rings (SSSR count). The van der Waals surface area contributed by atoms with Gasteiger partial charge in [0.1, 0.15) is 5.69 Å². The van der Waals surface area contributed by atoms with Crippen LogP contribution in [0.15, 0.2) is 42.5 Å². The Bertz CT molecular complexity index is 928. The Kier molecular flexibility index (Phi) is 6.92. The van der Waals surface area contributed by atoms with Crippen LogP contribution in [0.5, 0.6) is 0 Å². The zero-order valence-electron chi connectivity index (χ0n) is 14.1. The molecule has 9 heteroatoms. The first-order valence-corrected chi connectivity index (χ1v) is 8.37. The third kappa shape index (κ3) is 5.80. The summed E-state index contributed by atoms with van der Waals surface area (Å²) in [6, 6.07) is 9.21. The van der Waals surface area contributed by atoms with Gasteiger partial charge < -0.3 is 10.1 Å². The summed E-state index contributed by atoms with van der Waals surface area (Å²) < 4.78 is 4.83. The lowest BCUT2D eigenvalue weighted by Gasteiger charge is -2.08. The average Bonchev–Trinajstić information content (AvgIpc) is 2.62. The molecule has 140 valence electrons. The van der Waals surface area contributed by atoms with Crippen molar-refractivity contribution in [3.8, 4) is 0 Å². The highest BCUT2D eigenvalue weighted by atomic mass is 35.5. The minimum atomic E-state index is -0.754. The molecular weight excluding hydrogens is 395 g/mol. The first-order valence-electron chi connectivity index (χ1n) is 7.61. The Balaban J connectivity index is 1.94. The van der Waals surface area contributed by atoms with Crippen molar-refractivity contribution in [3.63, 3.8) is 0 Å². The van der Waals surface area contributed by atoms with Crippen LogP contribution >= 0.6 is 23.2 Å². The lowest BCUT2D eigenvalue weighted by atomic mass is 10.1. The molecule has 0 bridgehead atoms. The lowest BCUT2D eigenvalue weighted by molar-refractivity contribution is -0.384. The third-order valence-corrected chi connectivity index (χ3v) is 4.15. The fourth-order valence-electron chi connectivity index (χ4n) is 2.11. The van der Waals surface area contributed by atoms with Gasteiger partial charge in [0, 0.05) is 12.1 Å². The zero-order valence-corrected chi connectivity index (χ0v) is 15.6. The maximum atomic E-state index is 11.9. The van der Waals surface area contributed by atoms with Gasteiger partial charge in [0.25, 0.3) is 11.6 Å². The van der Waals surface area contributed by atoms with Gasteiger partial charge in [-0.25, -0.2) is 4.79 Å². The van der Waals surface area contributed by atoms with Crippen LogP contribution in [-0.4, -0.2) is 23.4 Å². The first-order chi connectivity index (χ1) is 12.8. The number of nitrogens with zero attached hydrogens (tertiary/aromatic N) is 1. The number of anilines is 1. The number of halogens is 2. The topological polar surface area (TPSA) is 98.5 Å². The second kappa shape index (κ2) is 9.16. The molecule has 1 amide bonds. The van der Waals surface area contributed by atoms with Gasteiger partial charge in [0.2, 0.25) is 0 Å². The van der Waals surface area contributed by atoms with E-state index in [1.807, 2.05) is 0 Å². The number of amides is 1. The van der Waals surface area contributed by atoms with E-state index in [0.29, 0.717) is 21.2 Å². The lowest BCUT2D eigenvalue weighted by Crippen LogP contribution is -2.21. The molecule has 0 aliphatic carbocycles. The van der Waals surface area contributed by atoms with E-state index in [9.17, 15) is 19.7 Å². The molecule has 0 atom stereocenters. The molecule has 0 saturated heterocycles. The van der Waals surface area contributed by atoms with Crippen molar-refractivity contribution in [2.45, 2.75) is 6.92 Å². The van der Waals surface area contributed by atoms with Gasteiger partial charge in [0.05, 0.1) is 15.0 Å². The number of esters is 1. The second-order valence-electron chi connectivity index (χ2n) is 5.39. The van der Waals surface area contributed by atoms with E-state index in [2.05, 4.69) is 5.32 Å². The molecule has 7 nitrogen and oxygen atoms in total. The third-order valence-electron chi connectivity index (χ3n) is 3.41. The molecule has 2 aromatic rings. The van der Waals surface area contributed by atoms with Gasteiger partial charge in [-0.3, -0.25) is 14.9 Å². The van der Waals surface area contributed by atoms with Crippen molar-refractivity contribution >= 4 is 52.5 Å². The Morgan fingerprint density at radius 3 is 2.63 bits per heavy atom. The Morgan fingerprint density at radius 2 is 1.96 bits per heavy atom. The predicted octanol–water partition coefficient (Wildman–Crippen LogP) is 4.41. The SMILES string of the molecule is Cc1cccc([N+](=O)[O-])c1NC(=O)COC(=O)/C=C/c1ccc(Cl)c(Cl)c1. The fourth-order valence-corrected chi connectivity index (χ4v) is 2.41. The molecule has 0 aliphatic heterocycles. The second-order valence-corrected chi connectivity index (χ2v) is 6.20. The molecule has 27 heavy (non-hydrogen) atoms. The first kappa shape index (κ1) is 20.4. The molecule has 0 fully saturated rings. The van der Waals surface area contributed by atoms with Crippen LogP contribution in [0, 0.1) is 17.0 Å². The minimum absolute atomic E-state index is 0.0647. The molecule has 0 spiro atoms. The van der Waals surface area contributed by atoms with Crippen molar-refractivity contribution in [1.82, 2.24) is 0 Å². The molecule has 0 aliphatic rings. The zero-order chi connectivity index (χ0) is 20.0. The standard InChI is InChI=1S/C18H14Cl2N2O5/c1-11-3-2-4-15(22(25)26)18(11)21-16(23)10-27-17(24)8-6-12-5-7-13(19)14(20)9-12/h2-9H,10H2,1H3,(H,21,23)/b8-6+. The quantitative estimate of drug-likeness (QED) is 0.330. The van der Waals surface area contributed by atoms with Crippen molar-refractivity contribution in [2.75, 3.05) is 11.9 Å². The van der Waals surface area contributed by atoms with Crippen molar-refractivity contribution in [2.24, 2.45) is 0 Å². The molecule has 0 unspecified atom stereocenters. The maximum Gasteiger partial charge on any atom is 0.331 e. The Hall–Kier alpha value is -2.90. The van der Waals surface area contributed by atoms with Crippen LogP contribution in [-0.2, 0) is 14.3 Å². The van der Waals surface area contributed by atoms with E-state index in [1.165, 1.54) is 18.2 Å². The molecule has 2 aromatic carbocycles. The highest BCUT2D eigenvalue weighted by Crippen LogP contribution is 2.27. The van der Waals surface area contributed by atoms with Gasteiger partial charge >= 0.3 is 5.97 Å². The monoisotopic (exact) mass is 408 g/mol. The number of benzene rings is 2. The summed E-state index contributed by atoms with van der Waals surface area (Å²) >= 11 is 11.7. The van der Waals surface area contributed by atoms with E-state index < -0.39 is 23.4 Å². The number of carbonyl (C=O) groups excluding carboxylic acids is 2. The Labute approximate surface area is 164 Å². The highest BCUT2D eigenvalue weighted by molar-refractivity contribution is 6.42. The van der Waals surface area contributed by atoms with E-state index in [0.717, 1.165) is 6.08 Å². The largest absolute Gasteiger partial charge is 0.452 e. The number of rotatable bonds is 6. The molecule has 0 saturated carbocycles. The number of para-hydroxylation sites is 1. The number of carbonyl (C=O) groups is 2. The number of nitro benzene ring substituents is 1. The van der Waals surface area contributed by atoms with Gasteiger partial charge in [-0.15, -0.1) is 0 Å². The summed E-state index contributed by atoms with van der Waals surface area (Å²) in [6.07, 6.45) is 2.58. The summed E-state index contributed by atoms with van der Waals surface area (Å²) in [6.45, 7) is 1.03.